The molecule has 2 heterocycles. The highest BCUT2D eigenvalue weighted by molar-refractivity contribution is 14.1. The summed E-state index contributed by atoms with van der Waals surface area (Å²) < 4.78 is 6.95. The topological polar surface area (TPSA) is 38.9 Å². The molecule has 0 atom stereocenters. The van der Waals surface area contributed by atoms with Crippen LogP contribution in [0.2, 0.25) is 0 Å². The van der Waals surface area contributed by atoms with E-state index in [0.717, 1.165) is 16.9 Å². The molecule has 18 heavy (non-hydrogen) atoms. The highest BCUT2D eigenvalue weighted by Gasteiger charge is 2.07. The summed E-state index contributed by atoms with van der Waals surface area (Å²) in [5, 5.41) is 0. The predicted molar refractivity (Wildman–Crippen MR) is 77.9 cm³/mol. The molecule has 3 rings (SSSR count). The van der Waals surface area contributed by atoms with Crippen LogP contribution in [0.5, 0.6) is 0 Å². The Morgan fingerprint density at radius 1 is 0.889 bits per heavy atom. The van der Waals surface area contributed by atoms with Crippen LogP contribution in [0.4, 0.5) is 0 Å². The first-order valence-electron chi connectivity index (χ1n) is 5.45. The lowest BCUT2D eigenvalue weighted by Gasteiger charge is -1.96. The minimum Gasteiger partial charge on any atom is -0.436 e. The van der Waals surface area contributed by atoms with E-state index in [1.54, 1.807) is 18.6 Å². The quantitative estimate of drug-likeness (QED) is 0.657. The fourth-order valence-electron chi connectivity index (χ4n) is 1.65. The van der Waals surface area contributed by atoms with Crippen LogP contribution in [-0.2, 0) is 0 Å². The van der Waals surface area contributed by atoms with Crippen LogP contribution in [0.25, 0.3) is 22.8 Å². The van der Waals surface area contributed by atoms with Gasteiger partial charge in [0.15, 0.2) is 5.76 Å². The lowest BCUT2D eigenvalue weighted by molar-refractivity contribution is 0.588. The smallest absolute Gasteiger partial charge is 0.226 e. The molecular weight excluding hydrogens is 339 g/mol. The van der Waals surface area contributed by atoms with E-state index in [1.165, 1.54) is 3.57 Å². The van der Waals surface area contributed by atoms with Gasteiger partial charge >= 0.3 is 0 Å². The number of aromatic nitrogens is 2. The first-order chi connectivity index (χ1) is 8.83. The monoisotopic (exact) mass is 348 g/mol. The molecule has 0 unspecified atom stereocenters. The van der Waals surface area contributed by atoms with Crippen LogP contribution < -0.4 is 0 Å². The van der Waals surface area contributed by atoms with Crippen LogP contribution in [0.3, 0.4) is 0 Å². The van der Waals surface area contributed by atoms with Gasteiger partial charge in [0.1, 0.15) is 0 Å². The maximum absolute atomic E-state index is 5.75. The number of hydrogen-bond acceptors (Lipinski definition) is 3. The molecule has 0 saturated heterocycles. The van der Waals surface area contributed by atoms with Crippen molar-refractivity contribution in [1.82, 2.24) is 9.97 Å². The van der Waals surface area contributed by atoms with E-state index in [9.17, 15) is 0 Å². The Balaban J connectivity index is 1.97. The molecule has 0 aliphatic rings. The van der Waals surface area contributed by atoms with Crippen LogP contribution in [0.1, 0.15) is 0 Å². The number of nitrogens with zero attached hydrogens (tertiary/aromatic N) is 2. The molecule has 0 aliphatic carbocycles. The van der Waals surface area contributed by atoms with E-state index in [1.807, 2.05) is 36.4 Å². The Hall–Kier alpha value is -1.69. The molecule has 0 radical (unpaired) electrons. The van der Waals surface area contributed by atoms with Gasteiger partial charge in [-0.05, 0) is 46.9 Å². The second kappa shape index (κ2) is 4.89. The Morgan fingerprint density at radius 2 is 1.61 bits per heavy atom. The van der Waals surface area contributed by atoms with Gasteiger partial charge in [-0.3, -0.25) is 4.98 Å². The van der Waals surface area contributed by atoms with E-state index >= 15 is 0 Å². The fourth-order valence-corrected chi connectivity index (χ4v) is 2.01. The van der Waals surface area contributed by atoms with Crippen LogP contribution in [-0.4, -0.2) is 9.97 Å². The fraction of sp³-hybridized carbons (Fsp3) is 0. The van der Waals surface area contributed by atoms with Gasteiger partial charge in [0, 0.05) is 27.1 Å². The number of oxazole rings is 1. The summed E-state index contributed by atoms with van der Waals surface area (Å²) in [5.41, 5.74) is 1.96. The number of pyridine rings is 1. The zero-order valence-corrected chi connectivity index (χ0v) is 11.5. The summed E-state index contributed by atoms with van der Waals surface area (Å²) in [6, 6.07) is 11.9. The molecular formula is C14H9IN2O. The van der Waals surface area contributed by atoms with Gasteiger partial charge in [0.05, 0.1) is 6.20 Å². The second-order valence-electron chi connectivity index (χ2n) is 3.77. The Kier molecular flexibility index (Phi) is 3.10. The highest BCUT2D eigenvalue weighted by Crippen LogP contribution is 2.25. The first kappa shape index (κ1) is 11.4. The molecule has 0 fully saturated rings. The van der Waals surface area contributed by atoms with Crippen LogP contribution >= 0.6 is 22.6 Å². The van der Waals surface area contributed by atoms with Crippen LogP contribution in [0, 0.1) is 3.57 Å². The summed E-state index contributed by atoms with van der Waals surface area (Å²) in [7, 11) is 0. The van der Waals surface area contributed by atoms with Crippen LogP contribution in [0.15, 0.2) is 59.4 Å². The van der Waals surface area contributed by atoms with Crippen molar-refractivity contribution in [2.24, 2.45) is 0 Å². The molecule has 3 nitrogen and oxygen atoms in total. The standard InChI is InChI=1S/C14H9IN2O/c15-12-3-1-10(2-4-12)13-9-17-14(18-13)11-5-7-16-8-6-11/h1-9H. The van der Waals surface area contributed by atoms with Crippen molar-refractivity contribution < 1.29 is 4.42 Å². The third-order valence-corrected chi connectivity index (χ3v) is 3.28. The number of benzene rings is 1. The van der Waals surface area contributed by atoms with Crippen molar-refractivity contribution in [3.8, 4) is 22.8 Å². The Morgan fingerprint density at radius 3 is 2.33 bits per heavy atom. The Bertz CT molecular complexity index is 647. The SMILES string of the molecule is Ic1ccc(-c2cnc(-c3ccncc3)o2)cc1. The van der Waals surface area contributed by atoms with Gasteiger partial charge in [-0.2, -0.15) is 0 Å². The largest absolute Gasteiger partial charge is 0.436 e. The van der Waals surface area contributed by atoms with E-state index in [4.69, 9.17) is 4.42 Å². The molecule has 2 aromatic heterocycles. The molecule has 0 aliphatic heterocycles. The first-order valence-corrected chi connectivity index (χ1v) is 6.53. The number of hydrogen-bond donors (Lipinski definition) is 0. The lowest BCUT2D eigenvalue weighted by Crippen LogP contribution is -1.76. The van der Waals surface area contributed by atoms with Gasteiger partial charge in [-0.1, -0.05) is 12.1 Å². The van der Waals surface area contributed by atoms with E-state index < -0.39 is 0 Å². The van der Waals surface area contributed by atoms with E-state index in [0.29, 0.717) is 5.89 Å². The molecule has 3 aromatic rings. The second-order valence-corrected chi connectivity index (χ2v) is 5.02. The minimum atomic E-state index is 0.617. The third kappa shape index (κ3) is 2.28. The third-order valence-electron chi connectivity index (χ3n) is 2.56. The molecule has 0 amide bonds. The maximum Gasteiger partial charge on any atom is 0.226 e. The van der Waals surface area contributed by atoms with Crippen molar-refractivity contribution in [2.75, 3.05) is 0 Å². The molecule has 1 aromatic carbocycles. The Labute approximate surface area is 118 Å². The van der Waals surface area contributed by atoms with Crippen molar-refractivity contribution >= 4 is 22.6 Å². The molecule has 0 saturated carbocycles. The summed E-state index contributed by atoms with van der Waals surface area (Å²) in [4.78, 5) is 8.26. The van der Waals surface area contributed by atoms with Gasteiger partial charge in [0.2, 0.25) is 5.89 Å². The zero-order chi connectivity index (χ0) is 12.4. The predicted octanol–water partition coefficient (Wildman–Crippen LogP) is 4.01. The maximum atomic E-state index is 5.75. The summed E-state index contributed by atoms with van der Waals surface area (Å²) in [5.74, 6) is 1.39. The van der Waals surface area contributed by atoms with E-state index in [-0.39, 0.29) is 0 Å². The molecule has 0 bridgehead atoms. The molecule has 0 N–H and O–H groups in total. The van der Waals surface area contributed by atoms with Gasteiger partial charge in [-0.15, -0.1) is 0 Å². The summed E-state index contributed by atoms with van der Waals surface area (Å²) in [6.07, 6.45) is 5.20. The van der Waals surface area contributed by atoms with Crippen molar-refractivity contribution in [1.29, 1.82) is 0 Å². The molecule has 88 valence electrons. The van der Waals surface area contributed by atoms with Crippen molar-refractivity contribution in [3.63, 3.8) is 0 Å². The van der Waals surface area contributed by atoms with Gasteiger partial charge < -0.3 is 4.42 Å². The minimum absolute atomic E-state index is 0.617. The van der Waals surface area contributed by atoms with Gasteiger partial charge in [0.25, 0.3) is 0 Å². The van der Waals surface area contributed by atoms with Gasteiger partial charge in [-0.25, -0.2) is 4.98 Å². The summed E-state index contributed by atoms with van der Waals surface area (Å²) in [6.45, 7) is 0. The zero-order valence-electron chi connectivity index (χ0n) is 9.38. The average molecular weight is 348 g/mol. The molecule has 0 spiro atoms. The van der Waals surface area contributed by atoms with Crippen molar-refractivity contribution in [2.45, 2.75) is 0 Å². The number of rotatable bonds is 2. The normalized spacial score (nSPS) is 10.5. The highest BCUT2D eigenvalue weighted by atomic mass is 127. The van der Waals surface area contributed by atoms with Crippen molar-refractivity contribution in [3.05, 3.63) is 58.6 Å². The molecule has 4 heteroatoms. The summed E-state index contributed by atoms with van der Waals surface area (Å²) >= 11 is 2.28. The number of halogens is 1. The van der Waals surface area contributed by atoms with E-state index in [2.05, 4.69) is 32.6 Å². The average Bonchev–Trinajstić information content (AvgIpc) is 2.90. The lowest BCUT2D eigenvalue weighted by atomic mass is 10.2.